The third-order valence-electron chi connectivity index (χ3n) is 4.47. The van der Waals surface area contributed by atoms with Gasteiger partial charge < -0.3 is 9.32 Å². The van der Waals surface area contributed by atoms with Crippen LogP contribution in [0.2, 0.25) is 5.02 Å². The highest BCUT2D eigenvalue weighted by Gasteiger charge is 2.30. The zero-order chi connectivity index (χ0) is 21.5. The third-order valence-corrected chi connectivity index (χ3v) is 4.83. The maximum atomic E-state index is 12.7. The van der Waals surface area contributed by atoms with Gasteiger partial charge in [0.25, 0.3) is 5.56 Å². The minimum Gasteiger partial charge on any atom is -0.459 e. The number of rotatable bonds is 4. The lowest BCUT2D eigenvalue weighted by atomic mass is 10.2. The van der Waals surface area contributed by atoms with Crippen LogP contribution in [0.5, 0.6) is 0 Å². The molecule has 30 heavy (non-hydrogen) atoms. The number of hydrogen-bond acceptors (Lipinski definition) is 5. The number of furan rings is 1. The van der Waals surface area contributed by atoms with Gasteiger partial charge in [-0.2, -0.15) is 23.0 Å². The van der Waals surface area contributed by atoms with Crippen LogP contribution >= 0.6 is 11.6 Å². The first kappa shape index (κ1) is 20.0. The van der Waals surface area contributed by atoms with E-state index in [9.17, 15) is 18.0 Å². The second-order valence-electron chi connectivity index (χ2n) is 6.57. The molecule has 0 N–H and O–H groups in total. The summed E-state index contributed by atoms with van der Waals surface area (Å²) in [4.78, 5) is 18.0. The Bertz CT molecular complexity index is 1230. The van der Waals surface area contributed by atoms with Crippen LogP contribution in [0.3, 0.4) is 0 Å². The molecule has 0 saturated carbocycles. The van der Waals surface area contributed by atoms with E-state index >= 15 is 0 Å². The van der Waals surface area contributed by atoms with Gasteiger partial charge in [0.1, 0.15) is 16.4 Å². The van der Waals surface area contributed by atoms with Gasteiger partial charge in [0.15, 0.2) is 5.82 Å². The fraction of sp³-hybridized carbons (Fsp3) is 0.150. The van der Waals surface area contributed by atoms with E-state index < -0.39 is 17.3 Å². The topological polar surface area (TPSA) is 64.2 Å². The van der Waals surface area contributed by atoms with Crippen LogP contribution in [-0.4, -0.2) is 21.8 Å². The second-order valence-corrected chi connectivity index (χ2v) is 6.95. The molecule has 6 nitrogen and oxygen atoms in total. The molecule has 3 aromatic heterocycles. The van der Waals surface area contributed by atoms with Gasteiger partial charge in [-0.3, -0.25) is 4.79 Å². The Labute approximate surface area is 173 Å². The number of anilines is 1. The Kier molecular flexibility index (Phi) is 4.98. The number of benzene rings is 1. The van der Waals surface area contributed by atoms with E-state index in [0.717, 1.165) is 27.8 Å². The lowest BCUT2D eigenvalue weighted by Gasteiger charge is -2.19. The van der Waals surface area contributed by atoms with E-state index in [1.807, 2.05) is 30.3 Å². The van der Waals surface area contributed by atoms with Crippen LogP contribution in [0, 0.1) is 0 Å². The average molecular weight is 435 g/mol. The van der Waals surface area contributed by atoms with Crippen molar-refractivity contribution in [1.82, 2.24) is 14.8 Å². The Morgan fingerprint density at radius 3 is 2.60 bits per heavy atom. The van der Waals surface area contributed by atoms with Gasteiger partial charge in [0.05, 0.1) is 24.0 Å². The van der Waals surface area contributed by atoms with Crippen molar-refractivity contribution in [3.63, 3.8) is 0 Å². The summed E-state index contributed by atoms with van der Waals surface area (Å²) in [6.07, 6.45) is -2.53. The molecule has 0 bridgehead atoms. The smallest absolute Gasteiger partial charge is 0.417 e. The monoisotopic (exact) mass is 434 g/mol. The molecular formula is C20H14ClF3N4O2. The molecule has 10 heteroatoms. The number of nitrogens with zero attached hydrogens (tertiary/aromatic N) is 4. The van der Waals surface area contributed by atoms with Gasteiger partial charge in [-0.15, -0.1) is 0 Å². The minimum absolute atomic E-state index is 0.0682. The molecule has 1 aromatic carbocycles. The summed E-state index contributed by atoms with van der Waals surface area (Å²) in [5.41, 5.74) is -0.523. The Balaban J connectivity index is 1.61. The van der Waals surface area contributed by atoms with Crippen molar-refractivity contribution in [1.29, 1.82) is 0 Å². The zero-order valence-electron chi connectivity index (χ0n) is 15.5. The number of hydrogen-bond donors (Lipinski definition) is 0. The van der Waals surface area contributed by atoms with Gasteiger partial charge in [-0.05, 0) is 24.3 Å². The van der Waals surface area contributed by atoms with Crippen LogP contribution in [-0.2, 0) is 12.7 Å². The van der Waals surface area contributed by atoms with E-state index in [-0.39, 0.29) is 10.8 Å². The number of alkyl halides is 3. The molecule has 4 rings (SSSR count). The SMILES string of the molecule is CN(Cc1cc2ccccc2o1)c1cnn(-c2ccc(C(F)(F)F)cn2)c(=O)c1Cl. The third kappa shape index (κ3) is 3.76. The predicted octanol–water partition coefficient (Wildman–Crippen LogP) is 4.68. The molecule has 0 radical (unpaired) electrons. The number of halogens is 4. The van der Waals surface area contributed by atoms with Gasteiger partial charge >= 0.3 is 6.18 Å². The van der Waals surface area contributed by atoms with Crippen molar-refractivity contribution < 1.29 is 17.6 Å². The van der Waals surface area contributed by atoms with Gasteiger partial charge in [-0.25, -0.2) is 4.98 Å². The molecule has 0 spiro atoms. The van der Waals surface area contributed by atoms with E-state index in [1.54, 1.807) is 11.9 Å². The van der Waals surface area contributed by atoms with Crippen molar-refractivity contribution >= 4 is 28.3 Å². The highest BCUT2D eigenvalue weighted by molar-refractivity contribution is 6.33. The number of para-hydroxylation sites is 1. The average Bonchev–Trinajstić information content (AvgIpc) is 3.11. The Morgan fingerprint density at radius 1 is 1.17 bits per heavy atom. The molecule has 4 aromatic rings. The summed E-state index contributed by atoms with van der Waals surface area (Å²) in [5.74, 6) is 0.602. The van der Waals surface area contributed by atoms with Crippen molar-refractivity contribution in [3.05, 3.63) is 81.6 Å². The summed E-state index contributed by atoms with van der Waals surface area (Å²) >= 11 is 6.24. The molecule has 154 valence electrons. The number of pyridine rings is 1. The Morgan fingerprint density at radius 2 is 1.93 bits per heavy atom. The van der Waals surface area contributed by atoms with Crippen molar-refractivity contribution in [2.75, 3.05) is 11.9 Å². The molecule has 0 aliphatic carbocycles. The van der Waals surface area contributed by atoms with E-state index in [4.69, 9.17) is 16.0 Å². The van der Waals surface area contributed by atoms with Gasteiger partial charge in [0, 0.05) is 18.6 Å². The lowest BCUT2D eigenvalue weighted by Crippen LogP contribution is -2.26. The van der Waals surface area contributed by atoms with Crippen LogP contribution in [0.1, 0.15) is 11.3 Å². The standard InChI is InChI=1S/C20H14ClF3N4O2/c1-27(11-14-8-12-4-2-3-5-16(12)30-14)15-10-26-28(19(29)18(15)21)17-7-6-13(9-25-17)20(22,23)24/h2-10H,11H2,1H3. The van der Waals surface area contributed by atoms with E-state index in [2.05, 4.69) is 10.1 Å². The minimum atomic E-state index is -4.52. The maximum absolute atomic E-state index is 12.7. The molecule has 0 aliphatic heterocycles. The van der Waals surface area contributed by atoms with Gasteiger partial charge in [-0.1, -0.05) is 29.8 Å². The fourth-order valence-electron chi connectivity index (χ4n) is 2.97. The van der Waals surface area contributed by atoms with Gasteiger partial charge in [0.2, 0.25) is 0 Å². The van der Waals surface area contributed by atoms with Crippen LogP contribution < -0.4 is 10.5 Å². The highest BCUT2D eigenvalue weighted by atomic mass is 35.5. The first-order chi connectivity index (χ1) is 14.2. The van der Waals surface area contributed by atoms with E-state index in [1.165, 1.54) is 6.20 Å². The molecule has 3 heterocycles. The fourth-order valence-corrected chi connectivity index (χ4v) is 3.24. The maximum Gasteiger partial charge on any atom is 0.417 e. The quantitative estimate of drug-likeness (QED) is 0.466. The molecule has 0 unspecified atom stereocenters. The van der Waals surface area contributed by atoms with Crippen LogP contribution in [0.15, 0.2) is 64.1 Å². The largest absolute Gasteiger partial charge is 0.459 e. The summed E-state index contributed by atoms with van der Waals surface area (Å²) < 4.78 is 44.7. The zero-order valence-corrected chi connectivity index (χ0v) is 16.3. The number of aromatic nitrogens is 3. The summed E-state index contributed by atoms with van der Waals surface area (Å²) in [5, 5.41) is 4.83. The predicted molar refractivity (Wildman–Crippen MR) is 106 cm³/mol. The Hall–Kier alpha value is -3.33. The van der Waals surface area contributed by atoms with Crippen LogP contribution in [0.4, 0.5) is 18.9 Å². The number of fused-ring (bicyclic) bond motifs is 1. The molecule has 0 aliphatic rings. The normalized spacial score (nSPS) is 11.8. The van der Waals surface area contributed by atoms with Crippen LogP contribution in [0.25, 0.3) is 16.8 Å². The van der Waals surface area contributed by atoms with E-state index in [0.29, 0.717) is 24.2 Å². The van der Waals surface area contributed by atoms with Crippen molar-refractivity contribution in [2.45, 2.75) is 12.7 Å². The first-order valence-electron chi connectivity index (χ1n) is 8.74. The second kappa shape index (κ2) is 7.49. The molecular weight excluding hydrogens is 421 g/mol. The van der Waals surface area contributed by atoms with Crippen molar-refractivity contribution in [3.8, 4) is 5.82 Å². The molecule has 0 saturated heterocycles. The summed E-state index contributed by atoms with van der Waals surface area (Å²) in [6, 6.07) is 11.3. The lowest BCUT2D eigenvalue weighted by molar-refractivity contribution is -0.137. The molecule has 0 amide bonds. The molecule has 0 fully saturated rings. The van der Waals surface area contributed by atoms with Crippen molar-refractivity contribution in [2.24, 2.45) is 0 Å². The summed E-state index contributed by atoms with van der Waals surface area (Å²) in [7, 11) is 1.72. The summed E-state index contributed by atoms with van der Waals surface area (Å²) in [6.45, 7) is 0.331. The first-order valence-corrected chi connectivity index (χ1v) is 9.12. The molecule has 0 atom stereocenters. The highest BCUT2D eigenvalue weighted by Crippen LogP contribution is 2.29.